The van der Waals surface area contributed by atoms with E-state index in [1.807, 2.05) is 16.8 Å². The second-order valence-electron chi connectivity index (χ2n) is 16.6. The van der Waals surface area contributed by atoms with Gasteiger partial charge in [0.05, 0.1) is 17.7 Å². The predicted molar refractivity (Wildman–Crippen MR) is 189 cm³/mol. The largest absolute Gasteiger partial charge is 0.490 e. The molecule has 3 aromatic rings. The molecule has 2 N–H and O–H groups in total. The summed E-state index contributed by atoms with van der Waals surface area (Å²) in [5, 5.41) is 17.5. The zero-order valence-corrected chi connectivity index (χ0v) is 30.3. The van der Waals surface area contributed by atoms with E-state index in [0.717, 1.165) is 87.4 Å². The van der Waals surface area contributed by atoms with Crippen LogP contribution < -0.4 is 15.0 Å². The molecule has 0 radical (unpaired) electrons. The van der Waals surface area contributed by atoms with Crippen molar-refractivity contribution in [1.29, 1.82) is 0 Å². The third kappa shape index (κ3) is 6.43. The number of carboxylic acid groups (broad SMARTS) is 1. The first-order valence-corrected chi connectivity index (χ1v) is 19.3. The van der Waals surface area contributed by atoms with Gasteiger partial charge in [0.25, 0.3) is 5.91 Å². The van der Waals surface area contributed by atoms with Gasteiger partial charge in [-0.25, -0.2) is 24.4 Å². The lowest BCUT2D eigenvalue weighted by molar-refractivity contribution is -0.155. The fourth-order valence-electron chi connectivity index (χ4n) is 10.8. The Morgan fingerprint density at radius 3 is 2.49 bits per heavy atom. The molecule has 284 valence electrons. The van der Waals surface area contributed by atoms with Crippen LogP contribution in [-0.4, -0.2) is 59.9 Å². The number of carboxylic acids is 1. The van der Waals surface area contributed by atoms with Gasteiger partial charge in [0, 0.05) is 23.8 Å². The van der Waals surface area contributed by atoms with Crippen LogP contribution >= 0.6 is 0 Å². The van der Waals surface area contributed by atoms with Gasteiger partial charge in [-0.2, -0.15) is 18.3 Å². The molecule has 8 rings (SSSR count). The summed E-state index contributed by atoms with van der Waals surface area (Å²) in [7, 11) is 0. The van der Waals surface area contributed by atoms with E-state index in [1.54, 1.807) is 24.5 Å². The van der Waals surface area contributed by atoms with E-state index in [4.69, 9.17) is 4.74 Å². The molecular formula is C39H48F3N7O4. The van der Waals surface area contributed by atoms with Crippen molar-refractivity contribution in [2.24, 2.45) is 23.7 Å². The molecule has 2 aromatic heterocycles. The smallest absolute Gasteiger partial charge is 0.434 e. The summed E-state index contributed by atoms with van der Waals surface area (Å²) in [6, 6.07) is 6.13. The maximum absolute atomic E-state index is 14.8. The number of aromatic nitrogens is 5. The molecule has 5 atom stereocenters. The molecule has 4 aliphatic carbocycles. The third-order valence-electron chi connectivity index (χ3n) is 13.2. The summed E-state index contributed by atoms with van der Waals surface area (Å²) in [5.74, 6) is -1.96. The van der Waals surface area contributed by atoms with Crippen molar-refractivity contribution in [3.8, 4) is 5.75 Å². The Hall–Kier alpha value is -4.23. The molecule has 5 unspecified atom stereocenters. The van der Waals surface area contributed by atoms with Crippen molar-refractivity contribution in [3.05, 3.63) is 53.9 Å². The van der Waals surface area contributed by atoms with Crippen molar-refractivity contribution in [2.75, 3.05) is 11.4 Å². The Morgan fingerprint density at radius 1 is 1.02 bits per heavy atom. The molecule has 2 bridgehead atoms. The fourth-order valence-corrected chi connectivity index (χ4v) is 10.8. The molecule has 14 heteroatoms. The van der Waals surface area contributed by atoms with Crippen LogP contribution in [0.2, 0.25) is 0 Å². The minimum absolute atomic E-state index is 0.0452. The van der Waals surface area contributed by atoms with Gasteiger partial charge in [-0.1, -0.05) is 33.1 Å². The van der Waals surface area contributed by atoms with Crippen molar-refractivity contribution in [2.45, 2.75) is 127 Å². The Balaban J connectivity index is 1.07. The lowest BCUT2D eigenvalue weighted by atomic mass is 9.56. The molecule has 3 heterocycles. The summed E-state index contributed by atoms with van der Waals surface area (Å²) in [4.78, 5) is 41.1. The summed E-state index contributed by atoms with van der Waals surface area (Å²) in [6.45, 7) is 4.26. The number of anilines is 2. The first-order valence-electron chi connectivity index (χ1n) is 19.3. The Kier molecular flexibility index (Phi) is 9.16. The number of hydrogen-bond donors (Lipinski definition) is 2. The molecule has 0 saturated heterocycles. The average Bonchev–Trinajstić information content (AvgIpc) is 3.77. The number of nitrogens with zero attached hydrogens (tertiary/aromatic N) is 6. The highest BCUT2D eigenvalue weighted by molar-refractivity contribution is 5.99. The lowest BCUT2D eigenvalue weighted by Gasteiger charge is -2.52. The first-order chi connectivity index (χ1) is 25.4. The molecule has 5 aliphatic rings. The monoisotopic (exact) mass is 735 g/mol. The maximum Gasteiger partial charge on any atom is 0.434 e. The van der Waals surface area contributed by atoms with Crippen molar-refractivity contribution in [3.63, 3.8) is 0 Å². The average molecular weight is 736 g/mol. The molecule has 1 spiro atoms. The number of carbonyl (C=O) groups is 2. The SMILES string of the molecule is CC1CC2CC(C)C(NC(=O)c3cnc(N4CC5(CCCCC5)c5cc(OC6CCC(n7cncn7)CC6)ccc54)nc3C(F)(F)F)(C(=O)O)C(C1)C2. The minimum atomic E-state index is -4.99. The Bertz CT molecular complexity index is 1840. The minimum Gasteiger partial charge on any atom is -0.490 e. The lowest BCUT2D eigenvalue weighted by Crippen LogP contribution is -2.66. The molecular weight excluding hydrogens is 687 g/mol. The van der Waals surface area contributed by atoms with E-state index in [-0.39, 0.29) is 29.3 Å². The molecule has 11 nitrogen and oxygen atoms in total. The number of rotatable bonds is 7. The van der Waals surface area contributed by atoms with E-state index >= 15 is 0 Å². The normalized spacial score (nSPS) is 30.8. The maximum atomic E-state index is 14.8. The van der Waals surface area contributed by atoms with E-state index < -0.39 is 40.8 Å². The van der Waals surface area contributed by atoms with Gasteiger partial charge in [-0.15, -0.1) is 0 Å². The quantitative estimate of drug-likeness (QED) is 0.251. The van der Waals surface area contributed by atoms with E-state index in [2.05, 4.69) is 38.4 Å². The van der Waals surface area contributed by atoms with Crippen molar-refractivity contribution in [1.82, 2.24) is 30.0 Å². The van der Waals surface area contributed by atoms with E-state index in [0.29, 0.717) is 37.8 Å². The first kappa shape index (κ1) is 35.8. The molecule has 4 saturated carbocycles. The third-order valence-corrected chi connectivity index (χ3v) is 13.2. The number of ether oxygens (including phenoxy) is 1. The molecule has 1 amide bonds. The highest BCUT2D eigenvalue weighted by Crippen LogP contribution is 2.53. The number of halogens is 3. The van der Waals surface area contributed by atoms with Crippen LogP contribution in [0.3, 0.4) is 0 Å². The Labute approximate surface area is 307 Å². The Morgan fingerprint density at radius 2 is 1.79 bits per heavy atom. The fraction of sp³-hybridized carbons (Fsp3) is 0.641. The number of carbonyl (C=O) groups excluding carboxylic acids is 1. The molecule has 53 heavy (non-hydrogen) atoms. The predicted octanol–water partition coefficient (Wildman–Crippen LogP) is 7.65. The second-order valence-corrected chi connectivity index (χ2v) is 16.6. The summed E-state index contributed by atoms with van der Waals surface area (Å²) >= 11 is 0. The number of alkyl halides is 3. The van der Waals surface area contributed by atoms with Crippen molar-refractivity contribution >= 4 is 23.5 Å². The van der Waals surface area contributed by atoms with Crippen LogP contribution in [0.15, 0.2) is 37.1 Å². The number of amides is 1. The summed E-state index contributed by atoms with van der Waals surface area (Å²) < 4.78 is 52.9. The topological polar surface area (TPSA) is 135 Å². The van der Waals surface area contributed by atoms with Gasteiger partial charge in [-0.3, -0.25) is 4.79 Å². The summed E-state index contributed by atoms with van der Waals surface area (Å²) in [6.07, 6.45) is 10.5. The number of aliphatic carboxylic acids is 1. The number of fused-ring (bicyclic) bond motifs is 4. The molecule has 1 aromatic carbocycles. The number of benzene rings is 1. The number of nitrogens with one attached hydrogen (secondary N) is 1. The van der Waals surface area contributed by atoms with Gasteiger partial charge in [0.1, 0.15) is 23.9 Å². The van der Waals surface area contributed by atoms with E-state index in [1.165, 1.54) is 0 Å². The van der Waals surface area contributed by atoms with Gasteiger partial charge in [0.2, 0.25) is 5.95 Å². The van der Waals surface area contributed by atoms with Crippen LogP contribution in [-0.2, 0) is 16.4 Å². The van der Waals surface area contributed by atoms with Crippen LogP contribution in [0, 0.1) is 23.7 Å². The van der Waals surface area contributed by atoms with E-state index in [9.17, 15) is 27.9 Å². The van der Waals surface area contributed by atoms with Crippen LogP contribution in [0.25, 0.3) is 0 Å². The van der Waals surface area contributed by atoms with Gasteiger partial charge < -0.3 is 20.1 Å². The summed E-state index contributed by atoms with van der Waals surface area (Å²) in [5.41, 5.74) is -2.35. The zero-order valence-electron chi connectivity index (χ0n) is 30.3. The second kappa shape index (κ2) is 13.6. The van der Waals surface area contributed by atoms with Crippen LogP contribution in [0.4, 0.5) is 24.8 Å². The highest BCUT2D eigenvalue weighted by Gasteiger charge is 2.57. The van der Waals surface area contributed by atoms with Gasteiger partial charge >= 0.3 is 12.1 Å². The highest BCUT2D eigenvalue weighted by atomic mass is 19.4. The standard InChI is InChI=1S/C39H48F3N7O4/c1-23-14-25-16-24(2)38(35(51)52,26(15-23)17-25)47-34(50)30-19-44-36(46-33(30)39(40,41)42)48-20-37(12-4-3-5-13-37)31-18-29(10-11-32(31)48)53-28-8-6-27(7-9-28)49-22-43-21-45-49/h10-11,18-19,21-28H,3-9,12-17,20H2,1-2H3,(H,47,50)(H,51,52). The van der Waals surface area contributed by atoms with Crippen molar-refractivity contribution < 1.29 is 32.6 Å². The zero-order chi connectivity index (χ0) is 37.1. The molecule has 1 aliphatic heterocycles. The van der Waals surface area contributed by atoms with Crippen LogP contribution in [0.5, 0.6) is 5.75 Å². The van der Waals surface area contributed by atoms with Gasteiger partial charge in [0.15, 0.2) is 5.69 Å². The number of hydrogen-bond acceptors (Lipinski definition) is 8. The van der Waals surface area contributed by atoms with Gasteiger partial charge in [-0.05, 0) is 112 Å². The molecule has 4 fully saturated rings. The van der Waals surface area contributed by atoms with Crippen LogP contribution in [0.1, 0.15) is 125 Å².